The van der Waals surface area contributed by atoms with Gasteiger partial charge in [-0.15, -0.1) is 11.3 Å². The Morgan fingerprint density at radius 2 is 1.72 bits per heavy atom. The lowest BCUT2D eigenvalue weighted by molar-refractivity contribution is 0.0437. The van der Waals surface area contributed by atoms with Crippen molar-refractivity contribution < 1.29 is 22.0 Å². The molecule has 1 saturated heterocycles. The van der Waals surface area contributed by atoms with Gasteiger partial charge in [0.15, 0.2) is 0 Å². The van der Waals surface area contributed by atoms with E-state index in [4.69, 9.17) is 0 Å². The van der Waals surface area contributed by atoms with Gasteiger partial charge in [-0.3, -0.25) is 9.52 Å². The molecule has 1 aliphatic heterocycles. The Kier molecular flexibility index (Phi) is 6.48. The number of nitrogens with one attached hydrogen (secondary N) is 1. The monoisotopic (exact) mass is 527 g/mol. The Balaban J connectivity index is 1.22. The number of aromatic nitrogens is 1. The van der Waals surface area contributed by atoms with Crippen molar-refractivity contribution in [1.29, 1.82) is 0 Å². The van der Waals surface area contributed by atoms with Gasteiger partial charge in [0.25, 0.3) is 15.9 Å². The lowest BCUT2D eigenvalue weighted by Gasteiger charge is -2.36. The third-order valence-corrected chi connectivity index (χ3v) is 8.59. The van der Waals surface area contributed by atoms with Gasteiger partial charge in [-0.25, -0.2) is 22.2 Å². The number of sulfonamides is 1. The number of benzene rings is 3. The average Bonchev–Trinajstić information content (AvgIpc) is 3.35. The number of halogens is 2. The normalized spacial score (nSPS) is 15.7. The molecule has 10 heteroatoms. The van der Waals surface area contributed by atoms with E-state index in [1.165, 1.54) is 41.7 Å². The van der Waals surface area contributed by atoms with Gasteiger partial charge in [0.2, 0.25) is 0 Å². The maximum Gasteiger partial charge on any atom is 0.264 e. The van der Waals surface area contributed by atoms with E-state index in [0.717, 1.165) is 10.3 Å². The fourth-order valence-corrected chi connectivity index (χ4v) is 6.41. The highest BCUT2D eigenvalue weighted by molar-refractivity contribution is 7.93. The fourth-order valence-electron chi connectivity index (χ4n) is 4.41. The second-order valence-corrected chi connectivity index (χ2v) is 11.4. The summed E-state index contributed by atoms with van der Waals surface area (Å²) in [7, 11) is -3.87. The molecule has 0 spiro atoms. The summed E-state index contributed by atoms with van der Waals surface area (Å²) in [5, 5.41) is 0. The first-order valence-electron chi connectivity index (χ1n) is 11.4. The van der Waals surface area contributed by atoms with Gasteiger partial charge in [-0.2, -0.15) is 0 Å². The second-order valence-electron chi connectivity index (χ2n) is 8.88. The van der Waals surface area contributed by atoms with Crippen molar-refractivity contribution in [1.82, 2.24) is 9.88 Å². The predicted molar refractivity (Wildman–Crippen MR) is 136 cm³/mol. The highest BCUT2D eigenvalue weighted by atomic mass is 32.2. The molecule has 1 fully saturated rings. The van der Waals surface area contributed by atoms with Crippen LogP contribution in [-0.4, -0.2) is 43.0 Å². The van der Waals surface area contributed by atoms with Gasteiger partial charge in [-0.05, 0) is 66.9 Å². The Morgan fingerprint density at radius 3 is 2.42 bits per heavy atom. The molecule has 1 aromatic heterocycles. The minimum absolute atomic E-state index is 0.0880. The third-order valence-electron chi connectivity index (χ3n) is 6.38. The zero-order valence-corrected chi connectivity index (χ0v) is 20.8. The van der Waals surface area contributed by atoms with Crippen LogP contribution in [0.3, 0.4) is 0 Å². The molecule has 186 valence electrons. The highest BCUT2D eigenvalue weighted by Crippen LogP contribution is 2.31. The second kappa shape index (κ2) is 9.59. The maximum absolute atomic E-state index is 15.3. The largest absolute Gasteiger partial charge is 0.338 e. The van der Waals surface area contributed by atoms with E-state index in [0.29, 0.717) is 16.8 Å². The summed E-state index contributed by atoms with van der Waals surface area (Å²) in [6.45, 7) is 0.533. The van der Waals surface area contributed by atoms with E-state index in [1.54, 1.807) is 40.7 Å². The van der Waals surface area contributed by atoms with Crippen LogP contribution >= 0.6 is 11.3 Å². The van der Waals surface area contributed by atoms with Crippen molar-refractivity contribution in [3.63, 3.8) is 0 Å². The molecule has 1 amide bonds. The van der Waals surface area contributed by atoms with Crippen molar-refractivity contribution in [2.75, 3.05) is 17.8 Å². The summed E-state index contributed by atoms with van der Waals surface area (Å²) >= 11 is 1.36. The minimum atomic E-state index is -3.87. The van der Waals surface area contributed by atoms with E-state index in [1.807, 2.05) is 6.07 Å². The number of amides is 1. The zero-order chi connectivity index (χ0) is 25.3. The molecular weight excluding hydrogens is 504 g/mol. The van der Waals surface area contributed by atoms with E-state index in [-0.39, 0.29) is 49.0 Å². The van der Waals surface area contributed by atoms with E-state index in [9.17, 15) is 17.6 Å². The van der Waals surface area contributed by atoms with E-state index >= 15 is 4.39 Å². The van der Waals surface area contributed by atoms with Crippen molar-refractivity contribution in [2.24, 2.45) is 0 Å². The number of para-hydroxylation sites is 1. The fraction of sp³-hybridized carbons (Fsp3) is 0.231. The molecule has 2 heterocycles. The van der Waals surface area contributed by atoms with Crippen molar-refractivity contribution in [2.45, 2.75) is 29.8 Å². The first kappa shape index (κ1) is 24.3. The number of fused-ring (bicyclic) bond motifs is 1. The number of carbonyl (C=O) groups is 1. The summed E-state index contributed by atoms with van der Waals surface area (Å²) in [6, 6.07) is 17.0. The first-order valence-corrected chi connectivity index (χ1v) is 13.8. The molecule has 0 atom stereocenters. The zero-order valence-electron chi connectivity index (χ0n) is 19.2. The van der Waals surface area contributed by atoms with Crippen molar-refractivity contribution in [3.05, 3.63) is 89.2 Å². The first-order chi connectivity index (χ1) is 17.2. The van der Waals surface area contributed by atoms with Crippen LogP contribution in [0.4, 0.5) is 14.5 Å². The van der Waals surface area contributed by atoms with Crippen LogP contribution in [0.15, 0.2) is 77.1 Å². The molecule has 1 N–H and O–H groups in total. The van der Waals surface area contributed by atoms with E-state index < -0.39 is 15.7 Å². The average molecular weight is 528 g/mol. The lowest BCUT2D eigenvalue weighted by Crippen LogP contribution is -2.45. The summed E-state index contributed by atoms with van der Waals surface area (Å²) in [6.07, 6.45) is 0.561. The number of nitrogens with zero attached hydrogens (tertiary/aromatic N) is 2. The maximum atomic E-state index is 15.3. The summed E-state index contributed by atoms with van der Waals surface area (Å²) in [4.78, 5) is 18.8. The van der Waals surface area contributed by atoms with E-state index in [2.05, 4.69) is 9.71 Å². The van der Waals surface area contributed by atoms with Gasteiger partial charge in [0.05, 0.1) is 10.2 Å². The van der Waals surface area contributed by atoms with Crippen molar-refractivity contribution in [3.8, 4) is 0 Å². The lowest BCUT2D eigenvalue weighted by atomic mass is 9.87. The predicted octanol–water partition coefficient (Wildman–Crippen LogP) is 5.42. The third kappa shape index (κ3) is 5.10. The Bertz CT molecular complexity index is 1500. The van der Waals surface area contributed by atoms with Gasteiger partial charge < -0.3 is 4.90 Å². The van der Waals surface area contributed by atoms with Crippen LogP contribution in [-0.2, 0) is 16.4 Å². The highest BCUT2D eigenvalue weighted by Gasteiger charge is 2.36. The molecule has 0 bridgehead atoms. The van der Waals surface area contributed by atoms with Crippen LogP contribution in [0.2, 0.25) is 0 Å². The molecule has 36 heavy (non-hydrogen) atoms. The number of hydrogen-bond donors (Lipinski definition) is 1. The number of anilines is 1. The molecule has 0 radical (unpaired) electrons. The topological polar surface area (TPSA) is 79.4 Å². The Morgan fingerprint density at radius 1 is 1.03 bits per heavy atom. The number of carbonyl (C=O) groups excluding carboxylic acids is 1. The molecule has 0 saturated carbocycles. The Hall–Kier alpha value is -3.37. The molecule has 0 aliphatic carbocycles. The van der Waals surface area contributed by atoms with Gasteiger partial charge in [-0.1, -0.05) is 18.2 Å². The van der Waals surface area contributed by atoms with Gasteiger partial charge >= 0.3 is 0 Å². The van der Waals surface area contributed by atoms with Gasteiger partial charge in [0, 0.05) is 30.8 Å². The van der Waals surface area contributed by atoms with Crippen LogP contribution < -0.4 is 4.72 Å². The number of hydrogen-bond acceptors (Lipinski definition) is 5. The van der Waals surface area contributed by atoms with Crippen LogP contribution in [0.1, 0.15) is 28.8 Å². The number of alkyl halides is 1. The number of rotatable bonds is 6. The quantitative estimate of drug-likeness (QED) is 0.363. The van der Waals surface area contributed by atoms with Crippen LogP contribution in [0, 0.1) is 5.82 Å². The number of likely N-dealkylation sites (tertiary alicyclic amines) is 1. The smallest absolute Gasteiger partial charge is 0.264 e. The van der Waals surface area contributed by atoms with Crippen LogP contribution in [0.5, 0.6) is 0 Å². The van der Waals surface area contributed by atoms with Gasteiger partial charge in [0.1, 0.15) is 21.9 Å². The SMILES string of the molecule is O=C(c1ccc(NS(=O)(=O)c2cccc3scnc23)cc1)N1CCC(F)(Cc2ccc(F)cc2)CC1. The number of piperidine rings is 1. The summed E-state index contributed by atoms with van der Waals surface area (Å²) in [5.74, 6) is -0.594. The molecule has 4 aromatic rings. The summed E-state index contributed by atoms with van der Waals surface area (Å²) in [5.41, 5.74) is 2.00. The minimum Gasteiger partial charge on any atom is -0.338 e. The molecular formula is C26H23F2N3O3S2. The molecule has 1 aliphatic rings. The summed E-state index contributed by atoms with van der Waals surface area (Å²) < 4.78 is 57.6. The molecule has 5 rings (SSSR count). The molecule has 6 nitrogen and oxygen atoms in total. The van der Waals surface area contributed by atoms with Crippen LogP contribution in [0.25, 0.3) is 10.2 Å². The standard InChI is InChI=1S/C26H23F2N3O3S2/c27-20-8-4-18(5-9-20)16-26(28)12-14-31(15-13-26)25(32)19-6-10-21(11-7-19)30-36(33,34)23-3-1-2-22-24(23)29-17-35-22/h1-11,17,30H,12-16H2. The molecule has 3 aromatic carbocycles. The Labute approximate surface area is 211 Å². The number of thiazole rings is 1. The van der Waals surface area contributed by atoms with Crippen molar-refractivity contribution >= 4 is 43.2 Å². The molecule has 0 unspecified atom stereocenters.